The summed E-state index contributed by atoms with van der Waals surface area (Å²) in [5, 5.41) is 0. The van der Waals surface area contributed by atoms with E-state index in [1.54, 1.807) is 32.5 Å². The number of hydrogen-bond acceptors (Lipinski definition) is 4. The van der Waals surface area contributed by atoms with Crippen molar-refractivity contribution in [2.75, 3.05) is 14.2 Å². The second-order valence-corrected chi connectivity index (χ2v) is 3.79. The SMILES string of the molecule is COc1ccc(Oc2cc(C)ccn2)cc1OC. The predicted molar refractivity (Wildman–Crippen MR) is 68.6 cm³/mol. The molecule has 2 rings (SSSR count). The van der Waals surface area contributed by atoms with Gasteiger partial charge in [0.1, 0.15) is 5.75 Å². The molecule has 0 bridgehead atoms. The van der Waals surface area contributed by atoms with Gasteiger partial charge in [-0.1, -0.05) is 0 Å². The summed E-state index contributed by atoms with van der Waals surface area (Å²) in [5.41, 5.74) is 1.10. The highest BCUT2D eigenvalue weighted by molar-refractivity contribution is 5.46. The fourth-order valence-electron chi connectivity index (χ4n) is 1.57. The van der Waals surface area contributed by atoms with E-state index in [9.17, 15) is 0 Å². The maximum absolute atomic E-state index is 5.65. The Bertz CT molecular complexity index is 540. The van der Waals surface area contributed by atoms with E-state index in [1.807, 2.05) is 25.1 Å². The Labute approximate surface area is 106 Å². The molecule has 0 N–H and O–H groups in total. The normalized spacial score (nSPS) is 9.94. The molecule has 1 aromatic carbocycles. The molecular formula is C14H15NO3. The third kappa shape index (κ3) is 2.71. The van der Waals surface area contributed by atoms with Gasteiger partial charge in [-0.05, 0) is 30.7 Å². The Morgan fingerprint density at radius 1 is 0.944 bits per heavy atom. The molecule has 0 saturated carbocycles. The third-order valence-electron chi connectivity index (χ3n) is 2.47. The molecule has 0 fully saturated rings. The number of aromatic nitrogens is 1. The maximum Gasteiger partial charge on any atom is 0.219 e. The first-order valence-corrected chi connectivity index (χ1v) is 5.55. The lowest BCUT2D eigenvalue weighted by molar-refractivity contribution is 0.351. The highest BCUT2D eigenvalue weighted by Gasteiger charge is 2.06. The van der Waals surface area contributed by atoms with Crippen molar-refractivity contribution in [3.63, 3.8) is 0 Å². The van der Waals surface area contributed by atoms with Gasteiger partial charge < -0.3 is 14.2 Å². The summed E-state index contributed by atoms with van der Waals surface area (Å²) in [5.74, 6) is 2.51. The van der Waals surface area contributed by atoms with Crippen LogP contribution in [0.1, 0.15) is 5.56 Å². The van der Waals surface area contributed by atoms with Gasteiger partial charge in [-0.25, -0.2) is 4.98 Å². The zero-order valence-corrected chi connectivity index (χ0v) is 10.6. The first-order valence-electron chi connectivity index (χ1n) is 5.55. The number of methoxy groups -OCH3 is 2. The van der Waals surface area contributed by atoms with Gasteiger partial charge in [0.25, 0.3) is 0 Å². The average molecular weight is 245 g/mol. The highest BCUT2D eigenvalue weighted by Crippen LogP contribution is 2.32. The quantitative estimate of drug-likeness (QED) is 0.829. The third-order valence-corrected chi connectivity index (χ3v) is 2.47. The molecule has 0 aliphatic carbocycles. The van der Waals surface area contributed by atoms with Gasteiger partial charge >= 0.3 is 0 Å². The number of rotatable bonds is 4. The van der Waals surface area contributed by atoms with Gasteiger partial charge in [0.15, 0.2) is 11.5 Å². The molecule has 94 valence electrons. The fraction of sp³-hybridized carbons (Fsp3) is 0.214. The van der Waals surface area contributed by atoms with E-state index in [0.29, 0.717) is 23.1 Å². The molecule has 0 amide bonds. The minimum atomic E-state index is 0.558. The van der Waals surface area contributed by atoms with Crippen molar-refractivity contribution < 1.29 is 14.2 Å². The van der Waals surface area contributed by atoms with Crippen molar-refractivity contribution in [3.05, 3.63) is 42.1 Å². The largest absolute Gasteiger partial charge is 0.493 e. The first kappa shape index (κ1) is 12.2. The second kappa shape index (κ2) is 5.40. The van der Waals surface area contributed by atoms with Crippen molar-refractivity contribution in [1.82, 2.24) is 4.98 Å². The van der Waals surface area contributed by atoms with E-state index in [1.165, 1.54) is 0 Å². The molecule has 0 radical (unpaired) electrons. The zero-order chi connectivity index (χ0) is 13.0. The number of nitrogens with zero attached hydrogens (tertiary/aromatic N) is 1. The van der Waals surface area contributed by atoms with Crippen LogP contribution in [-0.4, -0.2) is 19.2 Å². The van der Waals surface area contributed by atoms with Crippen LogP contribution in [-0.2, 0) is 0 Å². The molecule has 1 heterocycles. The van der Waals surface area contributed by atoms with Crippen molar-refractivity contribution in [1.29, 1.82) is 0 Å². The van der Waals surface area contributed by atoms with Crippen LogP contribution in [0.2, 0.25) is 0 Å². The summed E-state index contributed by atoms with van der Waals surface area (Å²) >= 11 is 0. The van der Waals surface area contributed by atoms with Crippen LogP contribution in [0.15, 0.2) is 36.5 Å². The Morgan fingerprint density at radius 2 is 1.72 bits per heavy atom. The molecule has 18 heavy (non-hydrogen) atoms. The van der Waals surface area contributed by atoms with Crippen molar-refractivity contribution >= 4 is 0 Å². The van der Waals surface area contributed by atoms with Gasteiger partial charge in [-0.3, -0.25) is 0 Å². The number of aryl methyl sites for hydroxylation is 1. The molecule has 4 heteroatoms. The van der Waals surface area contributed by atoms with Crippen LogP contribution < -0.4 is 14.2 Å². The highest BCUT2D eigenvalue weighted by atomic mass is 16.5. The Hall–Kier alpha value is -2.23. The smallest absolute Gasteiger partial charge is 0.219 e. The van der Waals surface area contributed by atoms with Crippen molar-refractivity contribution in [2.45, 2.75) is 6.92 Å². The van der Waals surface area contributed by atoms with Gasteiger partial charge in [0.05, 0.1) is 14.2 Å². The molecule has 0 atom stereocenters. The number of pyridine rings is 1. The molecule has 0 spiro atoms. The lowest BCUT2D eigenvalue weighted by Gasteiger charge is -2.10. The standard InChI is InChI=1S/C14H15NO3/c1-10-6-7-15-14(8-10)18-11-4-5-12(16-2)13(9-11)17-3/h4-9H,1-3H3. The maximum atomic E-state index is 5.65. The van der Waals surface area contributed by atoms with Crippen molar-refractivity contribution in [3.8, 4) is 23.1 Å². The minimum Gasteiger partial charge on any atom is -0.493 e. The van der Waals surface area contributed by atoms with E-state index in [0.717, 1.165) is 5.56 Å². The monoisotopic (exact) mass is 245 g/mol. The molecular weight excluding hydrogens is 230 g/mol. The number of ether oxygens (including phenoxy) is 3. The molecule has 2 aromatic rings. The summed E-state index contributed by atoms with van der Waals surface area (Å²) in [6.07, 6.45) is 1.71. The fourth-order valence-corrected chi connectivity index (χ4v) is 1.57. The van der Waals surface area contributed by atoms with E-state index < -0.39 is 0 Å². The Morgan fingerprint density at radius 3 is 2.39 bits per heavy atom. The molecule has 0 aliphatic heterocycles. The molecule has 0 aliphatic rings. The summed E-state index contributed by atoms with van der Waals surface area (Å²) in [7, 11) is 3.19. The second-order valence-electron chi connectivity index (χ2n) is 3.79. The predicted octanol–water partition coefficient (Wildman–Crippen LogP) is 3.20. The van der Waals surface area contributed by atoms with Crippen LogP contribution in [0, 0.1) is 6.92 Å². The van der Waals surface area contributed by atoms with Crippen LogP contribution >= 0.6 is 0 Å². The Balaban J connectivity index is 2.24. The van der Waals surface area contributed by atoms with Crippen LogP contribution in [0.4, 0.5) is 0 Å². The lowest BCUT2D eigenvalue weighted by atomic mass is 10.3. The average Bonchev–Trinajstić information content (AvgIpc) is 2.38. The Kier molecular flexibility index (Phi) is 3.67. The minimum absolute atomic E-state index is 0.558. The van der Waals surface area contributed by atoms with E-state index >= 15 is 0 Å². The lowest BCUT2D eigenvalue weighted by Crippen LogP contribution is -1.92. The van der Waals surface area contributed by atoms with Crippen LogP contribution in [0.3, 0.4) is 0 Å². The van der Waals surface area contributed by atoms with Crippen molar-refractivity contribution in [2.24, 2.45) is 0 Å². The number of hydrogen-bond donors (Lipinski definition) is 0. The van der Waals surface area contributed by atoms with Gasteiger partial charge in [0, 0.05) is 18.3 Å². The van der Waals surface area contributed by atoms with E-state index in [-0.39, 0.29) is 0 Å². The molecule has 1 aromatic heterocycles. The van der Waals surface area contributed by atoms with E-state index in [2.05, 4.69) is 4.98 Å². The zero-order valence-electron chi connectivity index (χ0n) is 10.6. The molecule has 0 saturated heterocycles. The van der Waals surface area contributed by atoms with Crippen LogP contribution in [0.25, 0.3) is 0 Å². The summed E-state index contributed by atoms with van der Waals surface area (Å²) in [6.45, 7) is 1.99. The molecule has 0 unspecified atom stereocenters. The topological polar surface area (TPSA) is 40.6 Å². The summed E-state index contributed by atoms with van der Waals surface area (Å²) in [4.78, 5) is 4.14. The number of benzene rings is 1. The molecule has 4 nitrogen and oxygen atoms in total. The van der Waals surface area contributed by atoms with Gasteiger partial charge in [-0.2, -0.15) is 0 Å². The van der Waals surface area contributed by atoms with Crippen LogP contribution in [0.5, 0.6) is 23.1 Å². The van der Waals surface area contributed by atoms with Gasteiger partial charge in [-0.15, -0.1) is 0 Å². The van der Waals surface area contributed by atoms with Gasteiger partial charge in [0.2, 0.25) is 5.88 Å². The first-order chi connectivity index (χ1) is 8.72. The summed E-state index contributed by atoms with van der Waals surface area (Å²) < 4.78 is 16.0. The summed E-state index contributed by atoms with van der Waals surface area (Å²) in [6, 6.07) is 9.16. The van der Waals surface area contributed by atoms with E-state index in [4.69, 9.17) is 14.2 Å².